The molecule has 0 fully saturated rings. The van der Waals surface area contributed by atoms with Crippen LogP contribution in [0.5, 0.6) is 11.5 Å². The topological polar surface area (TPSA) is 235 Å². The van der Waals surface area contributed by atoms with Gasteiger partial charge in [0.25, 0.3) is 5.91 Å². The summed E-state index contributed by atoms with van der Waals surface area (Å²) < 4.78 is 34.1. The van der Waals surface area contributed by atoms with Crippen LogP contribution in [0.4, 0.5) is 15.3 Å². The number of ether oxygens (including phenoxy) is 6. The number of alkyl carbamates (subject to hydrolysis) is 2. The molecule has 1 atom stereocenters. The monoisotopic (exact) mass is 916 g/mol. The van der Waals surface area contributed by atoms with Crippen LogP contribution in [0.25, 0.3) is 0 Å². The molecule has 3 aromatic rings. The summed E-state index contributed by atoms with van der Waals surface area (Å²) in [6.45, 7) is 19.5. The van der Waals surface area contributed by atoms with Crippen LogP contribution < -0.4 is 20.1 Å². The number of guanidine groups is 1. The van der Waals surface area contributed by atoms with Crippen LogP contribution in [-0.4, -0.2) is 93.0 Å². The van der Waals surface area contributed by atoms with Crippen molar-refractivity contribution in [2.45, 2.75) is 137 Å². The molecule has 66 heavy (non-hydrogen) atoms. The van der Waals surface area contributed by atoms with Gasteiger partial charge in [-0.15, -0.1) is 0 Å². The van der Waals surface area contributed by atoms with Crippen LogP contribution >= 0.6 is 0 Å². The van der Waals surface area contributed by atoms with E-state index in [4.69, 9.17) is 28.4 Å². The normalized spacial score (nSPS) is 13.4. The molecule has 0 bridgehead atoms. The molecule has 0 saturated heterocycles. The van der Waals surface area contributed by atoms with Gasteiger partial charge in [-0.05, 0) is 150 Å². The number of carbonyl (C=O) groups excluding carboxylic acids is 6. The molecule has 356 valence electrons. The fourth-order valence-electron chi connectivity index (χ4n) is 6.29. The standard InChI is InChI=1S/C48H60N4O14/c1-45(2,3)63-36(53)26-34(41(58)64-46(4,5)6)52(27-28-16-13-17-30(24-28)39(55)56)38(54)33-19-14-20-35-37(33)61-23-15-18-29-25-31(21-22-32(29)40(57)62-35)49-42(50-43(59)65-47(7,8)9)51-44(60)66-48(10,11)12/h13-14,16-17,19-22,24-25,34H,15,18,23,26-27H2,1-12H3,(H,55,56)(H2,49,50,51,59,60)/t34-/m0/s1. The smallest absolute Gasteiger partial charge is 0.414 e. The van der Waals surface area contributed by atoms with Crippen LogP contribution in [0.3, 0.4) is 0 Å². The summed E-state index contributed by atoms with van der Waals surface area (Å²) in [5, 5.41) is 14.6. The second kappa shape index (κ2) is 20.9. The van der Waals surface area contributed by atoms with Crippen molar-refractivity contribution in [1.29, 1.82) is 0 Å². The summed E-state index contributed by atoms with van der Waals surface area (Å²) in [7, 11) is 0. The first-order valence-electron chi connectivity index (χ1n) is 21.2. The van der Waals surface area contributed by atoms with Gasteiger partial charge in [0.1, 0.15) is 28.4 Å². The third-order valence-electron chi connectivity index (χ3n) is 8.66. The van der Waals surface area contributed by atoms with Crippen LogP contribution in [-0.2, 0) is 41.5 Å². The molecule has 4 rings (SSSR count). The number of carboxylic acids is 1. The minimum absolute atomic E-state index is 0.0124. The van der Waals surface area contributed by atoms with Gasteiger partial charge in [0.2, 0.25) is 5.96 Å². The van der Waals surface area contributed by atoms with Crippen molar-refractivity contribution < 1.29 is 67.1 Å². The Hall–Kier alpha value is -6.98. The number of hydrogen-bond acceptors (Lipinski definition) is 14. The van der Waals surface area contributed by atoms with Gasteiger partial charge >= 0.3 is 36.1 Å². The minimum Gasteiger partial charge on any atom is -0.489 e. The maximum Gasteiger partial charge on any atom is 0.414 e. The first kappa shape index (κ1) is 51.7. The van der Waals surface area contributed by atoms with Crippen molar-refractivity contribution in [3.8, 4) is 11.5 Å². The van der Waals surface area contributed by atoms with Crippen LogP contribution in [0.15, 0.2) is 65.7 Å². The first-order chi connectivity index (χ1) is 30.5. The molecule has 3 amide bonds. The molecule has 1 heterocycles. The Morgan fingerprint density at radius 2 is 1.35 bits per heavy atom. The zero-order chi connectivity index (χ0) is 49.4. The van der Waals surface area contributed by atoms with E-state index in [1.54, 1.807) is 95.2 Å². The Bertz CT molecular complexity index is 2330. The Kier molecular flexibility index (Phi) is 16.4. The molecule has 0 aliphatic carbocycles. The molecule has 1 aliphatic rings. The van der Waals surface area contributed by atoms with Crippen LogP contribution in [0, 0.1) is 0 Å². The average molecular weight is 917 g/mol. The molecule has 0 spiro atoms. The van der Waals surface area contributed by atoms with Crippen molar-refractivity contribution in [1.82, 2.24) is 15.5 Å². The molecule has 0 saturated carbocycles. The van der Waals surface area contributed by atoms with Gasteiger partial charge < -0.3 is 38.4 Å². The summed E-state index contributed by atoms with van der Waals surface area (Å²) in [6, 6.07) is 13.0. The van der Waals surface area contributed by atoms with Gasteiger partial charge in [0.05, 0.1) is 35.4 Å². The van der Waals surface area contributed by atoms with E-state index in [0.29, 0.717) is 17.5 Å². The lowest BCUT2D eigenvalue weighted by molar-refractivity contribution is -0.167. The lowest BCUT2D eigenvalue weighted by atomic mass is 10.0. The Morgan fingerprint density at radius 1 is 0.758 bits per heavy atom. The third-order valence-corrected chi connectivity index (χ3v) is 8.66. The molecule has 18 heteroatoms. The van der Waals surface area contributed by atoms with Crippen molar-refractivity contribution in [2.24, 2.45) is 4.99 Å². The predicted molar refractivity (Wildman–Crippen MR) is 241 cm³/mol. The summed E-state index contributed by atoms with van der Waals surface area (Å²) in [5.41, 5.74) is -2.78. The Balaban J connectivity index is 1.77. The fourth-order valence-corrected chi connectivity index (χ4v) is 6.29. The van der Waals surface area contributed by atoms with Gasteiger partial charge in [0, 0.05) is 6.54 Å². The van der Waals surface area contributed by atoms with Gasteiger partial charge in [-0.1, -0.05) is 18.2 Å². The van der Waals surface area contributed by atoms with Gasteiger partial charge in [0.15, 0.2) is 11.5 Å². The number of hydrogen-bond donors (Lipinski definition) is 3. The van der Waals surface area contributed by atoms with Crippen molar-refractivity contribution in [3.05, 3.63) is 88.5 Å². The number of nitrogens with zero attached hydrogens (tertiary/aromatic N) is 2. The Labute approximate surface area is 384 Å². The third kappa shape index (κ3) is 16.2. The summed E-state index contributed by atoms with van der Waals surface area (Å²) in [5.74, 6) is -5.19. The quantitative estimate of drug-likeness (QED) is 0.0606. The second-order valence-electron chi connectivity index (χ2n) is 19.3. The van der Waals surface area contributed by atoms with E-state index in [9.17, 15) is 38.7 Å². The van der Waals surface area contributed by atoms with Crippen molar-refractivity contribution >= 4 is 53.6 Å². The molecule has 18 nitrogen and oxygen atoms in total. The zero-order valence-corrected chi connectivity index (χ0v) is 39.5. The number of aliphatic imine (C=N–C) groups is 1. The fraction of sp³-hybridized carbons (Fsp3) is 0.458. The summed E-state index contributed by atoms with van der Waals surface area (Å²) in [4.78, 5) is 99.3. The molecule has 3 aromatic carbocycles. The molecular formula is C48H60N4O14. The number of amides is 3. The van der Waals surface area contributed by atoms with E-state index in [-0.39, 0.29) is 59.4 Å². The number of carbonyl (C=O) groups is 7. The number of benzene rings is 3. The number of aromatic carboxylic acids is 1. The Morgan fingerprint density at radius 3 is 1.92 bits per heavy atom. The number of esters is 3. The number of para-hydroxylation sites is 1. The summed E-state index contributed by atoms with van der Waals surface area (Å²) in [6.07, 6.45) is -1.89. The molecule has 0 unspecified atom stereocenters. The highest BCUT2D eigenvalue weighted by atomic mass is 16.6. The lowest BCUT2D eigenvalue weighted by Gasteiger charge is -2.33. The van der Waals surface area contributed by atoms with E-state index >= 15 is 0 Å². The van der Waals surface area contributed by atoms with Crippen LogP contribution in [0.1, 0.15) is 138 Å². The molecule has 0 radical (unpaired) electrons. The van der Waals surface area contributed by atoms with Crippen molar-refractivity contribution in [2.75, 3.05) is 6.61 Å². The lowest BCUT2D eigenvalue weighted by Crippen LogP contribution is -2.48. The highest BCUT2D eigenvalue weighted by Gasteiger charge is 2.39. The first-order valence-corrected chi connectivity index (χ1v) is 21.2. The van der Waals surface area contributed by atoms with E-state index in [1.807, 2.05) is 0 Å². The highest BCUT2D eigenvalue weighted by Crippen LogP contribution is 2.36. The van der Waals surface area contributed by atoms with E-state index in [1.165, 1.54) is 48.5 Å². The van der Waals surface area contributed by atoms with Gasteiger partial charge in [-0.3, -0.25) is 20.2 Å². The van der Waals surface area contributed by atoms with E-state index in [0.717, 1.165) is 4.90 Å². The molecule has 1 aliphatic heterocycles. The second-order valence-corrected chi connectivity index (χ2v) is 19.3. The number of rotatable bonds is 9. The van der Waals surface area contributed by atoms with Crippen molar-refractivity contribution in [3.63, 3.8) is 0 Å². The number of carboxylic acid groups (broad SMARTS) is 1. The minimum atomic E-state index is -1.58. The SMILES string of the molecule is CC(C)(C)OC(=O)C[C@@H](C(=O)OC(C)(C)C)N(Cc1cccc(C(=O)O)c1)C(=O)c1cccc2c1OCCCc1cc(N=C(NC(=O)OC(C)(C)C)NC(=O)OC(C)(C)C)ccc1C(=O)O2. The van der Waals surface area contributed by atoms with Crippen LogP contribution in [0.2, 0.25) is 0 Å². The number of aryl methyl sites for hydroxylation is 1. The summed E-state index contributed by atoms with van der Waals surface area (Å²) >= 11 is 0. The van der Waals surface area contributed by atoms with E-state index < -0.39 is 76.8 Å². The van der Waals surface area contributed by atoms with E-state index in [2.05, 4.69) is 15.6 Å². The number of nitrogens with one attached hydrogen (secondary N) is 2. The number of fused-ring (bicyclic) bond motifs is 2. The predicted octanol–water partition coefficient (Wildman–Crippen LogP) is 8.05. The maximum absolute atomic E-state index is 15.0. The maximum atomic E-state index is 15.0. The highest BCUT2D eigenvalue weighted by molar-refractivity contribution is 6.03. The average Bonchev–Trinajstić information content (AvgIpc) is 3.15. The molecular weight excluding hydrogens is 857 g/mol. The largest absolute Gasteiger partial charge is 0.489 e. The zero-order valence-electron chi connectivity index (χ0n) is 39.5. The van der Waals surface area contributed by atoms with Gasteiger partial charge in [-0.25, -0.2) is 29.0 Å². The molecule has 0 aromatic heterocycles. The molecule has 3 N–H and O–H groups in total. The van der Waals surface area contributed by atoms with Gasteiger partial charge in [-0.2, -0.15) is 0 Å².